The van der Waals surface area contributed by atoms with Crippen molar-refractivity contribution in [1.29, 1.82) is 0 Å². The highest BCUT2D eigenvalue weighted by atomic mass is 35.5. The molecule has 0 saturated carbocycles. The van der Waals surface area contributed by atoms with Gasteiger partial charge in [-0.2, -0.15) is 0 Å². The van der Waals surface area contributed by atoms with Crippen LogP contribution in [-0.4, -0.2) is 15.5 Å². The Morgan fingerprint density at radius 1 is 1.50 bits per heavy atom. The lowest BCUT2D eigenvalue weighted by Gasteiger charge is -2.06. The van der Waals surface area contributed by atoms with Gasteiger partial charge in [0.2, 0.25) is 0 Å². The number of anilines is 2. The molecule has 1 aromatic heterocycles. The minimum Gasteiger partial charge on any atom is -0.397 e. The molecule has 0 aliphatic carbocycles. The normalized spacial score (nSPS) is 10.1. The lowest BCUT2D eigenvalue weighted by molar-refractivity contribution is 0.103. The third-order valence-electron chi connectivity index (χ3n) is 1.85. The summed E-state index contributed by atoms with van der Waals surface area (Å²) in [6.07, 6.45) is 1.39. The quantitative estimate of drug-likeness (QED) is 0.804. The minimum absolute atomic E-state index is 0.302. The fourth-order valence-electron chi connectivity index (χ4n) is 1.09. The predicted molar refractivity (Wildman–Crippen MR) is 63.7 cm³/mol. The summed E-state index contributed by atoms with van der Waals surface area (Å²) < 4.78 is 3.60. The Kier molecular flexibility index (Phi) is 3.02. The van der Waals surface area contributed by atoms with Crippen molar-refractivity contribution < 1.29 is 4.79 Å². The number of halogens is 1. The summed E-state index contributed by atoms with van der Waals surface area (Å²) in [4.78, 5) is 12.1. The molecule has 0 spiro atoms. The monoisotopic (exact) mass is 254 g/mol. The SMILES string of the molecule is Nc1ccc(Cl)cc1NC(=O)c1cnns1. The van der Waals surface area contributed by atoms with Crippen LogP contribution in [0.3, 0.4) is 0 Å². The van der Waals surface area contributed by atoms with E-state index < -0.39 is 0 Å². The van der Waals surface area contributed by atoms with E-state index in [0.717, 1.165) is 11.5 Å². The van der Waals surface area contributed by atoms with E-state index in [9.17, 15) is 4.79 Å². The second-order valence-corrected chi connectivity index (χ2v) is 4.19. The van der Waals surface area contributed by atoms with Crippen LogP contribution in [0.5, 0.6) is 0 Å². The van der Waals surface area contributed by atoms with Crippen molar-refractivity contribution >= 4 is 40.4 Å². The zero-order valence-corrected chi connectivity index (χ0v) is 9.55. The lowest BCUT2D eigenvalue weighted by Crippen LogP contribution is -2.11. The van der Waals surface area contributed by atoms with Crippen molar-refractivity contribution in [3.63, 3.8) is 0 Å². The summed E-state index contributed by atoms with van der Waals surface area (Å²) >= 11 is 6.81. The lowest BCUT2D eigenvalue weighted by atomic mass is 10.2. The van der Waals surface area contributed by atoms with Crippen LogP contribution in [0.4, 0.5) is 11.4 Å². The molecule has 0 fully saturated rings. The molecule has 2 rings (SSSR count). The first-order chi connectivity index (χ1) is 7.66. The van der Waals surface area contributed by atoms with Crippen LogP contribution < -0.4 is 11.1 Å². The number of nitrogens with two attached hydrogens (primary N) is 1. The molecule has 1 amide bonds. The molecule has 0 atom stereocenters. The summed E-state index contributed by atoms with van der Waals surface area (Å²) in [7, 11) is 0. The second-order valence-electron chi connectivity index (χ2n) is 2.97. The summed E-state index contributed by atoms with van der Waals surface area (Å²) in [5, 5.41) is 6.72. The fourth-order valence-corrected chi connectivity index (χ4v) is 1.67. The van der Waals surface area contributed by atoms with Crippen LogP contribution in [0.2, 0.25) is 5.02 Å². The van der Waals surface area contributed by atoms with E-state index in [1.807, 2.05) is 0 Å². The van der Waals surface area contributed by atoms with E-state index in [4.69, 9.17) is 17.3 Å². The summed E-state index contributed by atoms with van der Waals surface area (Å²) in [5.41, 5.74) is 6.62. The van der Waals surface area contributed by atoms with Crippen molar-refractivity contribution in [2.75, 3.05) is 11.1 Å². The van der Waals surface area contributed by atoms with Gasteiger partial charge in [-0.15, -0.1) is 5.10 Å². The molecule has 82 valence electrons. The molecule has 0 aliphatic heterocycles. The molecule has 0 saturated heterocycles. The number of aromatic nitrogens is 2. The maximum absolute atomic E-state index is 11.7. The van der Waals surface area contributed by atoms with Crippen molar-refractivity contribution in [2.24, 2.45) is 0 Å². The number of hydrogen-bond acceptors (Lipinski definition) is 5. The number of nitrogens with zero attached hydrogens (tertiary/aromatic N) is 2. The highest BCUT2D eigenvalue weighted by Crippen LogP contribution is 2.23. The molecular weight excluding hydrogens is 248 g/mol. The molecule has 0 unspecified atom stereocenters. The largest absolute Gasteiger partial charge is 0.397 e. The molecule has 16 heavy (non-hydrogen) atoms. The molecular formula is C9H7ClN4OS. The number of carbonyl (C=O) groups is 1. The van der Waals surface area contributed by atoms with Crippen LogP contribution in [0.1, 0.15) is 9.67 Å². The van der Waals surface area contributed by atoms with Gasteiger partial charge in [-0.3, -0.25) is 4.79 Å². The first-order valence-corrected chi connectivity index (χ1v) is 5.45. The van der Waals surface area contributed by atoms with Gasteiger partial charge in [0.1, 0.15) is 4.88 Å². The molecule has 0 radical (unpaired) electrons. The van der Waals surface area contributed by atoms with Crippen molar-refractivity contribution in [2.45, 2.75) is 0 Å². The Balaban J connectivity index is 2.21. The van der Waals surface area contributed by atoms with Crippen LogP contribution in [0.15, 0.2) is 24.4 Å². The number of amides is 1. The molecule has 0 aliphatic rings. The number of nitrogen functional groups attached to an aromatic ring is 1. The van der Waals surface area contributed by atoms with E-state index in [0.29, 0.717) is 21.3 Å². The van der Waals surface area contributed by atoms with Crippen molar-refractivity contribution in [3.8, 4) is 0 Å². The van der Waals surface area contributed by atoms with Gasteiger partial charge in [-0.25, -0.2) is 0 Å². The topological polar surface area (TPSA) is 80.9 Å². The second kappa shape index (κ2) is 4.46. The van der Waals surface area contributed by atoms with Gasteiger partial charge in [-0.05, 0) is 29.7 Å². The summed E-state index contributed by atoms with van der Waals surface area (Å²) in [6.45, 7) is 0. The maximum Gasteiger partial charge on any atom is 0.269 e. The van der Waals surface area contributed by atoms with E-state index in [-0.39, 0.29) is 5.91 Å². The molecule has 5 nitrogen and oxygen atoms in total. The zero-order valence-electron chi connectivity index (χ0n) is 7.98. The van der Waals surface area contributed by atoms with E-state index in [1.54, 1.807) is 18.2 Å². The van der Waals surface area contributed by atoms with Crippen LogP contribution >= 0.6 is 23.1 Å². The summed E-state index contributed by atoms with van der Waals surface area (Å²) in [5.74, 6) is -0.302. The average molecular weight is 255 g/mol. The standard InChI is InChI=1S/C9H7ClN4OS/c10-5-1-2-6(11)7(3-5)13-9(15)8-4-12-14-16-8/h1-4H,11H2,(H,13,15). The Morgan fingerprint density at radius 3 is 3.00 bits per heavy atom. The number of benzene rings is 1. The molecule has 1 aromatic carbocycles. The van der Waals surface area contributed by atoms with E-state index in [1.165, 1.54) is 6.20 Å². The van der Waals surface area contributed by atoms with Gasteiger partial charge in [0.25, 0.3) is 5.91 Å². The molecule has 2 aromatic rings. The van der Waals surface area contributed by atoms with Gasteiger partial charge < -0.3 is 11.1 Å². The Labute approximate surface area is 100 Å². The van der Waals surface area contributed by atoms with Gasteiger partial charge in [-0.1, -0.05) is 16.1 Å². The highest BCUT2D eigenvalue weighted by Gasteiger charge is 2.10. The third-order valence-corrected chi connectivity index (χ3v) is 2.75. The maximum atomic E-state index is 11.7. The van der Waals surface area contributed by atoms with Crippen LogP contribution in [0.25, 0.3) is 0 Å². The van der Waals surface area contributed by atoms with Gasteiger partial charge >= 0.3 is 0 Å². The van der Waals surface area contributed by atoms with Gasteiger partial charge in [0.15, 0.2) is 0 Å². The number of nitrogens with one attached hydrogen (secondary N) is 1. The predicted octanol–water partition coefficient (Wildman–Crippen LogP) is 2.03. The summed E-state index contributed by atoms with van der Waals surface area (Å²) in [6, 6.07) is 4.87. The Bertz CT molecular complexity index is 514. The van der Waals surface area contributed by atoms with E-state index >= 15 is 0 Å². The molecule has 7 heteroatoms. The van der Waals surface area contributed by atoms with Crippen molar-refractivity contribution in [1.82, 2.24) is 9.59 Å². The third kappa shape index (κ3) is 2.29. The highest BCUT2D eigenvalue weighted by molar-refractivity contribution is 7.07. The number of hydrogen-bond donors (Lipinski definition) is 2. The molecule has 1 heterocycles. The van der Waals surface area contributed by atoms with Crippen LogP contribution in [-0.2, 0) is 0 Å². The van der Waals surface area contributed by atoms with Crippen LogP contribution in [0, 0.1) is 0 Å². The van der Waals surface area contributed by atoms with E-state index in [2.05, 4.69) is 14.9 Å². The first-order valence-electron chi connectivity index (χ1n) is 4.30. The van der Waals surface area contributed by atoms with Gasteiger partial charge in [0.05, 0.1) is 17.6 Å². The zero-order chi connectivity index (χ0) is 11.5. The Morgan fingerprint density at radius 2 is 2.31 bits per heavy atom. The van der Waals surface area contributed by atoms with Gasteiger partial charge in [0, 0.05) is 5.02 Å². The molecule has 0 bridgehead atoms. The number of carbonyl (C=O) groups excluding carboxylic acids is 1. The number of rotatable bonds is 2. The smallest absolute Gasteiger partial charge is 0.269 e. The Hall–Kier alpha value is -1.66. The first kappa shape index (κ1) is 10.8. The molecule has 3 N–H and O–H groups in total. The fraction of sp³-hybridized carbons (Fsp3) is 0. The average Bonchev–Trinajstić information content (AvgIpc) is 2.76. The minimum atomic E-state index is -0.302. The van der Waals surface area contributed by atoms with Crippen molar-refractivity contribution in [3.05, 3.63) is 34.3 Å².